The van der Waals surface area contributed by atoms with Gasteiger partial charge in [-0.15, -0.1) is 0 Å². The van der Waals surface area contributed by atoms with Gasteiger partial charge in [0.05, 0.1) is 6.04 Å². The molecular formula is C13H17ClN2O. The third-order valence-electron chi connectivity index (χ3n) is 2.94. The van der Waals surface area contributed by atoms with Crippen LogP contribution in [0.2, 0.25) is 5.02 Å². The minimum absolute atomic E-state index is 0.0343. The second kappa shape index (κ2) is 5.41. The Morgan fingerprint density at radius 3 is 2.94 bits per heavy atom. The van der Waals surface area contributed by atoms with Crippen LogP contribution >= 0.6 is 11.6 Å². The van der Waals surface area contributed by atoms with Crippen LogP contribution in [-0.2, 0) is 0 Å². The molecule has 0 saturated heterocycles. The summed E-state index contributed by atoms with van der Waals surface area (Å²) >= 11 is 5.91. The predicted molar refractivity (Wildman–Crippen MR) is 69.1 cm³/mol. The second-order valence-corrected chi connectivity index (χ2v) is 5.01. The lowest BCUT2D eigenvalue weighted by molar-refractivity contribution is 0.237. The van der Waals surface area contributed by atoms with Gasteiger partial charge in [0.1, 0.15) is 0 Å². The zero-order valence-electron chi connectivity index (χ0n) is 9.87. The molecule has 4 heteroatoms. The molecular weight excluding hydrogens is 236 g/mol. The Morgan fingerprint density at radius 1 is 1.53 bits per heavy atom. The van der Waals surface area contributed by atoms with Crippen molar-refractivity contribution in [1.82, 2.24) is 10.6 Å². The zero-order valence-corrected chi connectivity index (χ0v) is 10.6. The van der Waals surface area contributed by atoms with Gasteiger partial charge < -0.3 is 10.6 Å². The Labute approximate surface area is 107 Å². The fourth-order valence-corrected chi connectivity index (χ4v) is 1.86. The van der Waals surface area contributed by atoms with Crippen LogP contribution < -0.4 is 10.6 Å². The summed E-state index contributed by atoms with van der Waals surface area (Å²) in [5.74, 6) is 0.697. The maximum absolute atomic E-state index is 11.6. The van der Waals surface area contributed by atoms with Crippen molar-refractivity contribution in [2.45, 2.75) is 25.8 Å². The highest BCUT2D eigenvalue weighted by atomic mass is 35.5. The van der Waals surface area contributed by atoms with Gasteiger partial charge in [0, 0.05) is 11.6 Å². The van der Waals surface area contributed by atoms with Crippen molar-refractivity contribution in [3.8, 4) is 0 Å². The normalized spacial score (nSPS) is 16.4. The van der Waals surface area contributed by atoms with Gasteiger partial charge in [0.25, 0.3) is 0 Å². The first kappa shape index (κ1) is 12.2. The molecule has 0 spiro atoms. The number of carbonyl (C=O) groups is 1. The Bertz CT molecular complexity index is 404. The summed E-state index contributed by atoms with van der Waals surface area (Å²) in [6.07, 6.45) is 2.48. The fourth-order valence-electron chi connectivity index (χ4n) is 1.67. The van der Waals surface area contributed by atoms with Gasteiger partial charge in [0.15, 0.2) is 0 Å². The lowest BCUT2D eigenvalue weighted by atomic mass is 10.1. The third-order valence-corrected chi connectivity index (χ3v) is 3.18. The van der Waals surface area contributed by atoms with Crippen LogP contribution in [0.15, 0.2) is 24.3 Å². The molecule has 1 aliphatic rings. The van der Waals surface area contributed by atoms with Gasteiger partial charge in [-0.2, -0.15) is 0 Å². The van der Waals surface area contributed by atoms with Crippen LogP contribution in [0.4, 0.5) is 4.79 Å². The molecule has 1 aromatic carbocycles. The van der Waals surface area contributed by atoms with Gasteiger partial charge >= 0.3 is 6.03 Å². The van der Waals surface area contributed by atoms with E-state index in [9.17, 15) is 4.79 Å². The number of halogens is 1. The molecule has 3 nitrogen and oxygen atoms in total. The van der Waals surface area contributed by atoms with Crippen LogP contribution in [0.1, 0.15) is 31.4 Å². The highest BCUT2D eigenvalue weighted by Gasteiger charge is 2.21. The van der Waals surface area contributed by atoms with Crippen molar-refractivity contribution in [3.63, 3.8) is 0 Å². The molecule has 2 rings (SSSR count). The minimum Gasteiger partial charge on any atom is -0.338 e. The molecule has 17 heavy (non-hydrogen) atoms. The zero-order chi connectivity index (χ0) is 12.3. The number of nitrogens with one attached hydrogen (secondary N) is 2. The van der Waals surface area contributed by atoms with Gasteiger partial charge in [-0.3, -0.25) is 0 Å². The van der Waals surface area contributed by atoms with E-state index in [1.54, 1.807) is 0 Å². The summed E-state index contributed by atoms with van der Waals surface area (Å²) in [7, 11) is 0. The van der Waals surface area contributed by atoms with Crippen LogP contribution in [0.25, 0.3) is 0 Å². The molecule has 1 aromatic rings. The van der Waals surface area contributed by atoms with Gasteiger partial charge in [-0.1, -0.05) is 23.7 Å². The van der Waals surface area contributed by atoms with E-state index in [0.29, 0.717) is 10.9 Å². The molecule has 1 saturated carbocycles. The Morgan fingerprint density at radius 2 is 2.29 bits per heavy atom. The number of rotatable bonds is 4. The Balaban J connectivity index is 1.82. The van der Waals surface area contributed by atoms with Crippen molar-refractivity contribution in [2.75, 3.05) is 6.54 Å². The molecule has 2 amide bonds. The third kappa shape index (κ3) is 3.93. The molecule has 92 valence electrons. The van der Waals surface area contributed by atoms with E-state index in [0.717, 1.165) is 12.1 Å². The van der Waals surface area contributed by atoms with Crippen LogP contribution in [-0.4, -0.2) is 12.6 Å². The smallest absolute Gasteiger partial charge is 0.315 e. The molecule has 1 fully saturated rings. The fraction of sp³-hybridized carbons (Fsp3) is 0.462. The summed E-state index contributed by atoms with van der Waals surface area (Å²) < 4.78 is 0. The SMILES string of the molecule is CC(NC(=O)NCC1CC1)c1cccc(Cl)c1. The van der Waals surface area contributed by atoms with E-state index in [4.69, 9.17) is 11.6 Å². The van der Waals surface area contributed by atoms with Crippen LogP contribution in [0, 0.1) is 5.92 Å². The lowest BCUT2D eigenvalue weighted by Crippen LogP contribution is -2.38. The predicted octanol–water partition coefficient (Wildman–Crippen LogP) is 3.11. The number of amides is 2. The summed E-state index contributed by atoms with van der Waals surface area (Å²) in [6, 6.07) is 7.39. The molecule has 2 N–H and O–H groups in total. The summed E-state index contributed by atoms with van der Waals surface area (Å²) in [5.41, 5.74) is 1.01. The summed E-state index contributed by atoms with van der Waals surface area (Å²) in [4.78, 5) is 11.6. The van der Waals surface area contributed by atoms with Crippen molar-refractivity contribution in [3.05, 3.63) is 34.9 Å². The Hall–Kier alpha value is -1.22. The molecule has 0 bridgehead atoms. The molecule has 1 unspecified atom stereocenters. The topological polar surface area (TPSA) is 41.1 Å². The highest BCUT2D eigenvalue weighted by Crippen LogP contribution is 2.27. The maximum Gasteiger partial charge on any atom is 0.315 e. The van der Waals surface area contributed by atoms with Crippen molar-refractivity contribution in [2.24, 2.45) is 5.92 Å². The van der Waals surface area contributed by atoms with Crippen LogP contribution in [0.5, 0.6) is 0 Å². The van der Waals surface area contributed by atoms with Crippen molar-refractivity contribution >= 4 is 17.6 Å². The van der Waals surface area contributed by atoms with Gasteiger partial charge in [-0.25, -0.2) is 4.79 Å². The first-order chi connectivity index (χ1) is 8.15. The first-order valence-corrected chi connectivity index (χ1v) is 6.33. The molecule has 1 atom stereocenters. The minimum atomic E-state index is -0.107. The van der Waals surface area contributed by atoms with E-state index < -0.39 is 0 Å². The number of benzene rings is 1. The standard InChI is InChI=1S/C13H17ClN2O/c1-9(11-3-2-4-12(14)7-11)16-13(17)15-8-10-5-6-10/h2-4,7,9-10H,5-6,8H2,1H3,(H2,15,16,17). The quantitative estimate of drug-likeness (QED) is 0.849. The average molecular weight is 253 g/mol. The molecule has 0 heterocycles. The number of urea groups is 1. The van der Waals surface area contributed by atoms with E-state index in [2.05, 4.69) is 10.6 Å². The largest absolute Gasteiger partial charge is 0.338 e. The number of carbonyl (C=O) groups excluding carboxylic acids is 1. The first-order valence-electron chi connectivity index (χ1n) is 5.95. The molecule has 0 aromatic heterocycles. The van der Waals surface area contributed by atoms with Gasteiger partial charge in [0.2, 0.25) is 0 Å². The van der Waals surface area contributed by atoms with E-state index >= 15 is 0 Å². The van der Waals surface area contributed by atoms with Crippen molar-refractivity contribution in [1.29, 1.82) is 0 Å². The Kier molecular flexibility index (Phi) is 3.89. The molecule has 0 radical (unpaired) electrons. The van der Waals surface area contributed by atoms with Crippen LogP contribution in [0.3, 0.4) is 0 Å². The molecule has 1 aliphatic carbocycles. The van der Waals surface area contributed by atoms with E-state index in [1.807, 2.05) is 31.2 Å². The van der Waals surface area contributed by atoms with E-state index in [1.165, 1.54) is 12.8 Å². The maximum atomic E-state index is 11.6. The second-order valence-electron chi connectivity index (χ2n) is 4.57. The monoisotopic (exact) mass is 252 g/mol. The highest BCUT2D eigenvalue weighted by molar-refractivity contribution is 6.30. The lowest BCUT2D eigenvalue weighted by Gasteiger charge is -2.15. The summed E-state index contributed by atoms with van der Waals surface area (Å²) in [5, 5.41) is 6.46. The molecule has 0 aliphatic heterocycles. The van der Waals surface area contributed by atoms with Crippen molar-refractivity contribution < 1.29 is 4.79 Å². The summed E-state index contributed by atoms with van der Waals surface area (Å²) in [6.45, 7) is 2.73. The average Bonchev–Trinajstić information content (AvgIpc) is 3.10. The van der Waals surface area contributed by atoms with E-state index in [-0.39, 0.29) is 12.1 Å². The number of hydrogen-bond donors (Lipinski definition) is 2. The number of hydrogen-bond acceptors (Lipinski definition) is 1. The van der Waals surface area contributed by atoms with Gasteiger partial charge in [-0.05, 0) is 43.4 Å².